The van der Waals surface area contributed by atoms with Crippen molar-refractivity contribution >= 4 is 0 Å². The van der Waals surface area contributed by atoms with Gasteiger partial charge in [0.15, 0.2) is 0 Å². The summed E-state index contributed by atoms with van der Waals surface area (Å²) in [7, 11) is 1.98. The molecule has 0 aliphatic heterocycles. The van der Waals surface area contributed by atoms with E-state index in [9.17, 15) is 5.11 Å². The molecule has 0 saturated heterocycles. The van der Waals surface area contributed by atoms with Gasteiger partial charge in [0.2, 0.25) is 0 Å². The van der Waals surface area contributed by atoms with Crippen molar-refractivity contribution < 1.29 is 5.11 Å². The molecule has 0 aromatic carbocycles. The fourth-order valence-electron chi connectivity index (χ4n) is 1.52. The second-order valence-corrected chi connectivity index (χ2v) is 3.50. The highest BCUT2D eigenvalue weighted by Gasteiger charge is 2.13. The zero-order valence-electron chi connectivity index (χ0n) is 8.26. The molecule has 0 bridgehead atoms. The maximum atomic E-state index is 9.76. The first-order valence-electron chi connectivity index (χ1n) is 4.45. The molecule has 12 heavy (non-hydrogen) atoms. The van der Waals surface area contributed by atoms with Gasteiger partial charge in [-0.15, -0.1) is 0 Å². The molecule has 0 atom stereocenters. The van der Waals surface area contributed by atoms with E-state index in [1.807, 2.05) is 17.8 Å². The van der Waals surface area contributed by atoms with E-state index in [2.05, 4.69) is 20.8 Å². The van der Waals surface area contributed by atoms with Crippen LogP contribution in [-0.4, -0.2) is 9.67 Å². The molecule has 1 aromatic heterocycles. The fourth-order valence-corrected chi connectivity index (χ4v) is 1.52. The fraction of sp³-hybridized carbons (Fsp3) is 0.600. The molecule has 0 aliphatic carbocycles. The Morgan fingerprint density at radius 1 is 1.50 bits per heavy atom. The molecule has 68 valence electrons. The van der Waals surface area contributed by atoms with E-state index >= 15 is 0 Å². The van der Waals surface area contributed by atoms with Crippen LogP contribution in [0.4, 0.5) is 0 Å². The normalized spacial score (nSPS) is 11.1. The molecule has 0 aliphatic rings. The van der Waals surface area contributed by atoms with Crippen LogP contribution in [0.5, 0.6) is 5.75 Å². The van der Waals surface area contributed by atoms with Crippen molar-refractivity contribution in [3.63, 3.8) is 0 Å². The molecule has 0 spiro atoms. The highest BCUT2D eigenvalue weighted by Crippen LogP contribution is 2.30. The first-order valence-corrected chi connectivity index (χ1v) is 4.45. The Morgan fingerprint density at radius 2 is 2.08 bits per heavy atom. The number of hydrogen-bond donors (Lipinski definition) is 1. The number of hydrogen-bond acceptors (Lipinski definition) is 1. The molecule has 1 heterocycles. The number of rotatable bonds is 2. The standard InChI is InChI=1S/C10H17NO/c1-5-9-10(12)8(7(2)3)6-11(9)4/h6-7,12H,5H2,1-4H3. The molecule has 0 unspecified atom stereocenters. The Hall–Kier alpha value is -0.920. The lowest BCUT2D eigenvalue weighted by molar-refractivity contribution is 0.458. The molecule has 0 fully saturated rings. The topological polar surface area (TPSA) is 25.2 Å². The largest absolute Gasteiger partial charge is 0.506 e. The molecular weight excluding hydrogens is 150 g/mol. The monoisotopic (exact) mass is 167 g/mol. The van der Waals surface area contributed by atoms with Gasteiger partial charge in [-0.3, -0.25) is 0 Å². The summed E-state index contributed by atoms with van der Waals surface area (Å²) < 4.78 is 2.00. The summed E-state index contributed by atoms with van der Waals surface area (Å²) in [5.74, 6) is 0.881. The maximum Gasteiger partial charge on any atom is 0.139 e. The average Bonchev–Trinajstić information content (AvgIpc) is 2.27. The highest BCUT2D eigenvalue weighted by molar-refractivity contribution is 5.39. The van der Waals surface area contributed by atoms with Crippen molar-refractivity contribution in [2.45, 2.75) is 33.1 Å². The van der Waals surface area contributed by atoms with Gasteiger partial charge in [-0.05, 0) is 12.3 Å². The summed E-state index contributed by atoms with van der Waals surface area (Å²) in [6, 6.07) is 0. The van der Waals surface area contributed by atoms with E-state index in [1.54, 1.807) is 0 Å². The number of aryl methyl sites for hydroxylation is 1. The molecule has 1 aromatic rings. The molecule has 1 N–H and O–H groups in total. The van der Waals surface area contributed by atoms with E-state index in [-0.39, 0.29) is 0 Å². The first-order chi connectivity index (χ1) is 5.57. The molecule has 0 radical (unpaired) electrons. The summed E-state index contributed by atoms with van der Waals surface area (Å²) in [6.45, 7) is 6.24. The van der Waals surface area contributed by atoms with Crippen LogP contribution in [0, 0.1) is 0 Å². The van der Waals surface area contributed by atoms with Gasteiger partial charge >= 0.3 is 0 Å². The summed E-state index contributed by atoms with van der Waals surface area (Å²) in [4.78, 5) is 0. The van der Waals surface area contributed by atoms with Crippen LogP contribution >= 0.6 is 0 Å². The van der Waals surface area contributed by atoms with E-state index in [0.29, 0.717) is 11.7 Å². The van der Waals surface area contributed by atoms with Gasteiger partial charge in [-0.1, -0.05) is 20.8 Å². The van der Waals surface area contributed by atoms with Crippen molar-refractivity contribution in [3.05, 3.63) is 17.5 Å². The zero-order chi connectivity index (χ0) is 9.30. The van der Waals surface area contributed by atoms with Crippen molar-refractivity contribution in [1.29, 1.82) is 0 Å². The molecule has 0 amide bonds. The van der Waals surface area contributed by atoms with Gasteiger partial charge in [-0.25, -0.2) is 0 Å². The third kappa shape index (κ3) is 1.33. The number of nitrogens with zero attached hydrogens (tertiary/aromatic N) is 1. The zero-order valence-corrected chi connectivity index (χ0v) is 8.26. The van der Waals surface area contributed by atoms with Gasteiger partial charge in [-0.2, -0.15) is 0 Å². The van der Waals surface area contributed by atoms with E-state index in [1.165, 1.54) is 0 Å². The van der Waals surface area contributed by atoms with Crippen molar-refractivity contribution in [1.82, 2.24) is 4.57 Å². The van der Waals surface area contributed by atoms with Crippen LogP contribution in [0.25, 0.3) is 0 Å². The lowest BCUT2D eigenvalue weighted by Crippen LogP contribution is -1.91. The lowest BCUT2D eigenvalue weighted by atomic mass is 10.1. The van der Waals surface area contributed by atoms with E-state index in [4.69, 9.17) is 0 Å². The molecule has 2 heteroatoms. The second-order valence-electron chi connectivity index (χ2n) is 3.50. The third-order valence-electron chi connectivity index (χ3n) is 2.26. The quantitative estimate of drug-likeness (QED) is 0.719. The van der Waals surface area contributed by atoms with Crippen molar-refractivity contribution in [2.75, 3.05) is 0 Å². The van der Waals surface area contributed by atoms with Gasteiger partial charge in [0.05, 0.1) is 5.69 Å². The summed E-state index contributed by atoms with van der Waals surface area (Å²) in [6.07, 6.45) is 2.90. The average molecular weight is 167 g/mol. The van der Waals surface area contributed by atoms with Gasteiger partial charge < -0.3 is 9.67 Å². The second kappa shape index (κ2) is 3.21. The Bertz CT molecular complexity index is 274. The Morgan fingerprint density at radius 3 is 2.33 bits per heavy atom. The minimum atomic E-state index is 0.400. The SMILES string of the molecule is CCc1c(O)c(C(C)C)cn1C. The van der Waals surface area contributed by atoms with Crippen LogP contribution in [-0.2, 0) is 13.5 Å². The minimum absolute atomic E-state index is 0.400. The van der Waals surface area contributed by atoms with Gasteiger partial charge in [0.25, 0.3) is 0 Å². The summed E-state index contributed by atoms with van der Waals surface area (Å²) in [5, 5.41) is 9.76. The number of aromatic nitrogens is 1. The van der Waals surface area contributed by atoms with E-state index in [0.717, 1.165) is 17.7 Å². The molecule has 2 nitrogen and oxygen atoms in total. The predicted octanol–water partition coefficient (Wildman–Crippen LogP) is 2.42. The number of aromatic hydroxyl groups is 1. The lowest BCUT2D eigenvalue weighted by Gasteiger charge is -2.01. The summed E-state index contributed by atoms with van der Waals surface area (Å²) >= 11 is 0. The Labute approximate surface area is 73.8 Å². The van der Waals surface area contributed by atoms with Crippen LogP contribution in [0.2, 0.25) is 0 Å². The van der Waals surface area contributed by atoms with Crippen LogP contribution < -0.4 is 0 Å². The van der Waals surface area contributed by atoms with Crippen molar-refractivity contribution in [2.24, 2.45) is 7.05 Å². The molecular formula is C10H17NO. The van der Waals surface area contributed by atoms with Crippen LogP contribution in [0.1, 0.15) is 37.9 Å². The molecule has 1 rings (SSSR count). The van der Waals surface area contributed by atoms with Gasteiger partial charge in [0.1, 0.15) is 5.75 Å². The predicted molar refractivity (Wildman–Crippen MR) is 50.5 cm³/mol. The van der Waals surface area contributed by atoms with Crippen LogP contribution in [0.3, 0.4) is 0 Å². The van der Waals surface area contributed by atoms with E-state index < -0.39 is 0 Å². The molecule has 0 saturated carbocycles. The summed E-state index contributed by atoms with van der Waals surface area (Å²) in [5.41, 5.74) is 2.08. The Balaban J connectivity index is 3.17. The smallest absolute Gasteiger partial charge is 0.139 e. The highest BCUT2D eigenvalue weighted by atomic mass is 16.3. The maximum absolute atomic E-state index is 9.76. The first kappa shape index (κ1) is 9.17. The van der Waals surface area contributed by atoms with Gasteiger partial charge in [0, 0.05) is 18.8 Å². The van der Waals surface area contributed by atoms with Crippen LogP contribution in [0.15, 0.2) is 6.20 Å². The Kier molecular flexibility index (Phi) is 2.46. The minimum Gasteiger partial charge on any atom is -0.506 e. The third-order valence-corrected chi connectivity index (χ3v) is 2.26. The van der Waals surface area contributed by atoms with Crippen molar-refractivity contribution in [3.8, 4) is 5.75 Å².